The summed E-state index contributed by atoms with van der Waals surface area (Å²) in [6.07, 6.45) is 1.37. The first-order chi connectivity index (χ1) is 14.7. The van der Waals surface area contributed by atoms with Gasteiger partial charge in [0.2, 0.25) is 5.56 Å². The molecule has 3 aromatic rings. The maximum Gasteiger partial charge on any atom is 0.409 e. The number of piperazine rings is 1. The maximum atomic E-state index is 12.7. The van der Waals surface area contributed by atoms with Crippen LogP contribution in [0.5, 0.6) is 0 Å². The molecule has 0 saturated carbocycles. The average Bonchev–Trinajstić information content (AvgIpc) is 3.11. The number of carbonyl (C=O) groups is 1. The van der Waals surface area contributed by atoms with Crippen molar-refractivity contribution < 1.29 is 9.53 Å². The van der Waals surface area contributed by atoms with Gasteiger partial charge in [-0.05, 0) is 28.3 Å². The fourth-order valence-electron chi connectivity index (χ4n) is 4.46. The van der Waals surface area contributed by atoms with E-state index >= 15 is 0 Å². The van der Waals surface area contributed by atoms with Crippen LogP contribution in [0.3, 0.4) is 0 Å². The molecular formula is C24H23N3O3. The molecule has 1 aromatic heterocycles. The van der Waals surface area contributed by atoms with Gasteiger partial charge in [-0.25, -0.2) is 4.79 Å². The smallest absolute Gasteiger partial charge is 0.409 e. The number of pyridine rings is 1. The third-order valence-corrected chi connectivity index (χ3v) is 6.00. The molecule has 1 fully saturated rings. The summed E-state index contributed by atoms with van der Waals surface area (Å²) in [5.41, 5.74) is 5.63. The van der Waals surface area contributed by atoms with Crippen molar-refractivity contribution in [2.24, 2.45) is 0 Å². The summed E-state index contributed by atoms with van der Waals surface area (Å²) >= 11 is 0. The van der Waals surface area contributed by atoms with Gasteiger partial charge in [-0.1, -0.05) is 48.5 Å². The van der Waals surface area contributed by atoms with Gasteiger partial charge in [0.1, 0.15) is 6.61 Å². The van der Waals surface area contributed by atoms with Gasteiger partial charge in [-0.15, -0.1) is 0 Å². The Kier molecular flexibility index (Phi) is 4.75. The minimum absolute atomic E-state index is 0.0682. The lowest BCUT2D eigenvalue weighted by molar-refractivity contribution is 0.0977. The molecule has 1 saturated heterocycles. The van der Waals surface area contributed by atoms with Crippen LogP contribution in [0, 0.1) is 0 Å². The van der Waals surface area contributed by atoms with Crippen molar-refractivity contribution >= 4 is 11.8 Å². The van der Waals surface area contributed by atoms with Gasteiger partial charge in [0.05, 0.1) is 0 Å². The first kappa shape index (κ1) is 18.5. The van der Waals surface area contributed by atoms with E-state index in [-0.39, 0.29) is 17.6 Å². The molecule has 1 aliphatic carbocycles. The standard InChI is InChI=1S/C24H23N3O3/c28-23-15-17(9-10-25-23)26-11-13-27(14-12-26)24(29)30-16-22-20-7-3-1-5-18(20)19-6-2-4-8-21(19)22/h1-10,15,22H,11-14,16H2,(H,25,28). The van der Waals surface area contributed by atoms with Crippen LogP contribution in [0.15, 0.2) is 71.7 Å². The van der Waals surface area contributed by atoms with E-state index in [1.165, 1.54) is 22.3 Å². The first-order valence-corrected chi connectivity index (χ1v) is 10.2. The Morgan fingerprint density at radius 2 is 1.57 bits per heavy atom. The minimum atomic E-state index is -0.276. The molecule has 6 nitrogen and oxygen atoms in total. The zero-order valence-electron chi connectivity index (χ0n) is 16.6. The van der Waals surface area contributed by atoms with E-state index in [9.17, 15) is 9.59 Å². The normalized spacial score (nSPS) is 15.6. The Labute approximate surface area is 174 Å². The van der Waals surface area contributed by atoms with Gasteiger partial charge in [0.25, 0.3) is 0 Å². The summed E-state index contributed by atoms with van der Waals surface area (Å²) in [5, 5.41) is 0. The van der Waals surface area contributed by atoms with Crippen LogP contribution in [0.2, 0.25) is 0 Å². The van der Waals surface area contributed by atoms with E-state index in [4.69, 9.17) is 4.74 Å². The van der Waals surface area contributed by atoms with Gasteiger partial charge < -0.3 is 19.5 Å². The highest BCUT2D eigenvalue weighted by Gasteiger charge is 2.30. The number of fused-ring (bicyclic) bond motifs is 3. The minimum Gasteiger partial charge on any atom is -0.448 e. The zero-order chi connectivity index (χ0) is 20.5. The average molecular weight is 401 g/mol. The van der Waals surface area contributed by atoms with Gasteiger partial charge in [-0.3, -0.25) is 4.79 Å². The number of nitrogens with zero attached hydrogens (tertiary/aromatic N) is 2. The number of hydrogen-bond acceptors (Lipinski definition) is 4. The molecule has 152 valence electrons. The van der Waals surface area contributed by atoms with E-state index in [0.29, 0.717) is 32.8 Å². The van der Waals surface area contributed by atoms with Gasteiger partial charge in [0, 0.05) is 50.0 Å². The molecule has 6 heteroatoms. The zero-order valence-corrected chi connectivity index (χ0v) is 16.6. The largest absolute Gasteiger partial charge is 0.448 e. The molecule has 1 amide bonds. The molecule has 0 unspecified atom stereocenters. The number of amides is 1. The van der Waals surface area contributed by atoms with E-state index in [2.05, 4.69) is 34.1 Å². The molecule has 2 heterocycles. The van der Waals surface area contributed by atoms with Crippen LogP contribution in [-0.2, 0) is 4.74 Å². The fraction of sp³-hybridized carbons (Fsp3) is 0.250. The summed E-state index contributed by atoms with van der Waals surface area (Å²) in [4.78, 5) is 30.7. The number of rotatable bonds is 3. The predicted octanol–water partition coefficient (Wildman–Crippen LogP) is 3.45. The van der Waals surface area contributed by atoms with Gasteiger partial charge in [0.15, 0.2) is 0 Å². The van der Waals surface area contributed by atoms with Crippen LogP contribution in [-0.4, -0.2) is 48.8 Å². The number of carbonyl (C=O) groups excluding carboxylic acids is 1. The van der Waals surface area contributed by atoms with Crippen LogP contribution < -0.4 is 10.5 Å². The SMILES string of the molecule is O=C(OCC1c2ccccc2-c2ccccc21)N1CCN(c2cc[nH]c(=O)c2)CC1. The van der Waals surface area contributed by atoms with E-state index in [1.54, 1.807) is 17.2 Å². The monoisotopic (exact) mass is 401 g/mol. The van der Waals surface area contributed by atoms with E-state index in [0.717, 1.165) is 5.69 Å². The van der Waals surface area contributed by atoms with E-state index < -0.39 is 0 Å². The highest BCUT2D eigenvalue weighted by molar-refractivity contribution is 5.79. The lowest BCUT2D eigenvalue weighted by Gasteiger charge is -2.35. The Hall–Kier alpha value is -3.54. The van der Waals surface area contributed by atoms with Crippen LogP contribution in [0.25, 0.3) is 11.1 Å². The molecule has 2 aliphatic rings. The number of benzene rings is 2. The molecule has 0 radical (unpaired) electrons. The second-order valence-electron chi connectivity index (χ2n) is 7.69. The van der Waals surface area contributed by atoms with Crippen molar-refractivity contribution in [3.63, 3.8) is 0 Å². The third-order valence-electron chi connectivity index (χ3n) is 6.00. The first-order valence-electron chi connectivity index (χ1n) is 10.2. The second-order valence-corrected chi connectivity index (χ2v) is 7.69. The summed E-state index contributed by atoms with van der Waals surface area (Å²) in [6.45, 7) is 2.83. The molecule has 0 bridgehead atoms. The number of anilines is 1. The van der Waals surface area contributed by atoms with Crippen molar-refractivity contribution in [1.82, 2.24) is 9.88 Å². The number of aromatic nitrogens is 1. The molecular weight excluding hydrogens is 378 g/mol. The molecule has 1 N–H and O–H groups in total. The number of H-pyrrole nitrogens is 1. The fourth-order valence-corrected chi connectivity index (χ4v) is 4.46. The number of ether oxygens (including phenoxy) is 1. The molecule has 2 aromatic carbocycles. The van der Waals surface area contributed by atoms with E-state index in [1.807, 2.05) is 30.3 Å². The number of nitrogens with one attached hydrogen (secondary N) is 1. The summed E-state index contributed by atoms with van der Waals surface area (Å²) in [6, 6.07) is 20.1. The van der Waals surface area contributed by atoms with Crippen molar-refractivity contribution in [3.05, 3.63) is 88.3 Å². The molecule has 0 atom stereocenters. The number of hydrogen-bond donors (Lipinski definition) is 1. The summed E-state index contributed by atoms with van der Waals surface area (Å²) in [7, 11) is 0. The summed E-state index contributed by atoms with van der Waals surface area (Å²) in [5.74, 6) is 0.0682. The Morgan fingerprint density at radius 3 is 2.20 bits per heavy atom. The Balaban J connectivity index is 1.23. The highest BCUT2D eigenvalue weighted by Crippen LogP contribution is 2.44. The van der Waals surface area contributed by atoms with Crippen molar-refractivity contribution in [2.45, 2.75) is 5.92 Å². The topological polar surface area (TPSA) is 65.6 Å². The van der Waals surface area contributed by atoms with Crippen molar-refractivity contribution in [2.75, 3.05) is 37.7 Å². The lowest BCUT2D eigenvalue weighted by Crippen LogP contribution is -2.49. The molecule has 1 aliphatic heterocycles. The Morgan fingerprint density at radius 1 is 0.933 bits per heavy atom. The van der Waals surface area contributed by atoms with Gasteiger partial charge in [-0.2, -0.15) is 0 Å². The van der Waals surface area contributed by atoms with Crippen molar-refractivity contribution in [3.8, 4) is 11.1 Å². The summed E-state index contributed by atoms with van der Waals surface area (Å²) < 4.78 is 5.75. The lowest BCUT2D eigenvalue weighted by atomic mass is 9.98. The number of aromatic amines is 1. The van der Waals surface area contributed by atoms with Crippen LogP contribution in [0.1, 0.15) is 17.0 Å². The molecule has 5 rings (SSSR count). The van der Waals surface area contributed by atoms with Crippen LogP contribution >= 0.6 is 0 Å². The Bertz CT molecular complexity index is 1090. The molecule has 0 spiro atoms. The van der Waals surface area contributed by atoms with Crippen molar-refractivity contribution in [1.29, 1.82) is 0 Å². The third kappa shape index (κ3) is 3.34. The predicted molar refractivity (Wildman–Crippen MR) is 116 cm³/mol. The van der Waals surface area contributed by atoms with Gasteiger partial charge >= 0.3 is 6.09 Å². The quantitative estimate of drug-likeness (QED) is 0.730. The molecule has 30 heavy (non-hydrogen) atoms. The highest BCUT2D eigenvalue weighted by atomic mass is 16.6. The maximum absolute atomic E-state index is 12.7. The second kappa shape index (κ2) is 7.71. The van der Waals surface area contributed by atoms with Crippen LogP contribution in [0.4, 0.5) is 10.5 Å².